The Morgan fingerprint density at radius 2 is 2.23 bits per heavy atom. The van der Waals surface area contributed by atoms with E-state index in [1.165, 1.54) is 0 Å². The van der Waals surface area contributed by atoms with Gasteiger partial charge in [-0.25, -0.2) is 4.39 Å². The van der Waals surface area contributed by atoms with Crippen LogP contribution in [-0.4, -0.2) is 6.04 Å². The summed E-state index contributed by atoms with van der Waals surface area (Å²) in [6, 6.07) is 3.40. The normalized spacial score (nSPS) is 13.0. The minimum atomic E-state index is -0.417. The standard InChI is InChI=1S/C9H10BrClFN/c1-5(13)4-6-2-3-7(10)9(12)8(6)11/h2-3,5H,4,13H2,1H3. The molecule has 4 heteroatoms. The van der Waals surface area contributed by atoms with Crippen molar-refractivity contribution in [2.75, 3.05) is 0 Å². The Hall–Kier alpha value is -0.120. The second-order valence-electron chi connectivity index (χ2n) is 3.02. The lowest BCUT2D eigenvalue weighted by Gasteiger charge is -2.08. The fourth-order valence-corrected chi connectivity index (χ4v) is 1.76. The van der Waals surface area contributed by atoms with Crippen molar-refractivity contribution in [1.29, 1.82) is 0 Å². The van der Waals surface area contributed by atoms with Crippen LogP contribution in [0.1, 0.15) is 12.5 Å². The Morgan fingerprint density at radius 1 is 1.62 bits per heavy atom. The first-order valence-electron chi connectivity index (χ1n) is 3.90. The number of halogens is 3. The fourth-order valence-electron chi connectivity index (χ4n) is 1.07. The summed E-state index contributed by atoms with van der Waals surface area (Å²) in [6.07, 6.45) is 0.586. The van der Waals surface area contributed by atoms with Crippen LogP contribution in [0, 0.1) is 5.82 Å². The molecular weight excluding hydrogens is 256 g/mol. The number of benzene rings is 1. The van der Waals surface area contributed by atoms with Crippen LogP contribution < -0.4 is 5.73 Å². The highest BCUT2D eigenvalue weighted by molar-refractivity contribution is 9.10. The highest BCUT2D eigenvalue weighted by Gasteiger charge is 2.10. The van der Waals surface area contributed by atoms with Crippen molar-refractivity contribution in [2.45, 2.75) is 19.4 Å². The SMILES string of the molecule is CC(N)Cc1ccc(Br)c(F)c1Cl. The Balaban J connectivity index is 3.04. The lowest BCUT2D eigenvalue weighted by atomic mass is 10.1. The molecule has 0 aromatic heterocycles. The molecule has 1 aromatic carbocycles. The molecule has 1 aromatic rings. The molecule has 0 radical (unpaired) electrons. The molecule has 0 amide bonds. The third-order valence-electron chi connectivity index (χ3n) is 1.66. The van der Waals surface area contributed by atoms with E-state index in [2.05, 4.69) is 15.9 Å². The highest BCUT2D eigenvalue weighted by atomic mass is 79.9. The van der Waals surface area contributed by atoms with Crippen molar-refractivity contribution < 1.29 is 4.39 Å². The molecule has 0 heterocycles. The summed E-state index contributed by atoms with van der Waals surface area (Å²) >= 11 is 8.84. The molecule has 0 aliphatic carbocycles. The van der Waals surface area contributed by atoms with Gasteiger partial charge in [0.2, 0.25) is 0 Å². The van der Waals surface area contributed by atoms with Gasteiger partial charge in [-0.1, -0.05) is 17.7 Å². The first-order chi connectivity index (χ1) is 6.02. The smallest absolute Gasteiger partial charge is 0.156 e. The summed E-state index contributed by atoms with van der Waals surface area (Å²) in [7, 11) is 0. The summed E-state index contributed by atoms with van der Waals surface area (Å²) in [4.78, 5) is 0. The number of hydrogen-bond donors (Lipinski definition) is 1. The van der Waals surface area contributed by atoms with Crippen LogP contribution in [0.3, 0.4) is 0 Å². The van der Waals surface area contributed by atoms with Crippen LogP contribution >= 0.6 is 27.5 Å². The van der Waals surface area contributed by atoms with Crippen LogP contribution in [0.25, 0.3) is 0 Å². The van der Waals surface area contributed by atoms with Crippen LogP contribution in [-0.2, 0) is 6.42 Å². The average molecular weight is 267 g/mol. The molecule has 0 saturated heterocycles. The van der Waals surface area contributed by atoms with Crippen LogP contribution in [0.5, 0.6) is 0 Å². The summed E-state index contributed by atoms with van der Waals surface area (Å²) in [5.41, 5.74) is 6.34. The topological polar surface area (TPSA) is 26.0 Å². The van der Waals surface area contributed by atoms with Crippen LogP contribution in [0.4, 0.5) is 4.39 Å². The van der Waals surface area contributed by atoms with Gasteiger partial charge in [-0.3, -0.25) is 0 Å². The summed E-state index contributed by atoms with van der Waals surface area (Å²) in [6.45, 7) is 1.86. The first kappa shape index (κ1) is 11.0. The van der Waals surface area contributed by atoms with Crippen molar-refractivity contribution in [3.63, 3.8) is 0 Å². The van der Waals surface area contributed by atoms with E-state index in [0.29, 0.717) is 10.9 Å². The van der Waals surface area contributed by atoms with E-state index in [4.69, 9.17) is 17.3 Å². The van der Waals surface area contributed by atoms with Crippen LogP contribution in [0.15, 0.2) is 16.6 Å². The molecular formula is C9H10BrClFN. The quantitative estimate of drug-likeness (QED) is 0.818. The van der Waals surface area contributed by atoms with Crippen molar-refractivity contribution >= 4 is 27.5 Å². The zero-order chi connectivity index (χ0) is 10.0. The molecule has 0 aliphatic rings. The second kappa shape index (κ2) is 4.40. The number of rotatable bonds is 2. The first-order valence-corrected chi connectivity index (χ1v) is 5.07. The summed E-state index contributed by atoms with van der Waals surface area (Å²) in [5.74, 6) is -0.417. The lowest BCUT2D eigenvalue weighted by molar-refractivity contribution is 0.616. The van der Waals surface area contributed by atoms with Gasteiger partial charge in [0, 0.05) is 6.04 Å². The van der Waals surface area contributed by atoms with E-state index in [-0.39, 0.29) is 11.1 Å². The minimum absolute atomic E-state index is 0.0157. The largest absolute Gasteiger partial charge is 0.328 e. The van der Waals surface area contributed by atoms with Gasteiger partial charge in [-0.2, -0.15) is 0 Å². The Morgan fingerprint density at radius 3 is 2.77 bits per heavy atom. The Labute approximate surface area is 90.2 Å². The predicted octanol–water partition coefficient (Wildman–Crippen LogP) is 3.13. The molecule has 0 bridgehead atoms. The fraction of sp³-hybridized carbons (Fsp3) is 0.333. The van der Waals surface area contributed by atoms with Crippen molar-refractivity contribution in [1.82, 2.24) is 0 Å². The van der Waals surface area contributed by atoms with E-state index in [0.717, 1.165) is 5.56 Å². The predicted molar refractivity (Wildman–Crippen MR) is 56.5 cm³/mol. The Bertz CT molecular complexity index is 315. The molecule has 0 fully saturated rings. The monoisotopic (exact) mass is 265 g/mol. The van der Waals surface area contributed by atoms with Crippen molar-refractivity contribution in [3.05, 3.63) is 33.0 Å². The summed E-state index contributed by atoms with van der Waals surface area (Å²) in [5, 5.41) is 0.159. The maximum absolute atomic E-state index is 13.2. The van der Waals surface area contributed by atoms with Gasteiger partial charge >= 0.3 is 0 Å². The zero-order valence-electron chi connectivity index (χ0n) is 7.15. The van der Waals surface area contributed by atoms with E-state index < -0.39 is 5.82 Å². The number of nitrogens with two attached hydrogens (primary N) is 1. The molecule has 0 saturated carbocycles. The summed E-state index contributed by atoms with van der Waals surface area (Å²) < 4.78 is 13.6. The molecule has 1 nitrogen and oxygen atoms in total. The minimum Gasteiger partial charge on any atom is -0.328 e. The lowest BCUT2D eigenvalue weighted by Crippen LogP contribution is -2.18. The maximum atomic E-state index is 13.2. The van der Waals surface area contributed by atoms with E-state index in [1.807, 2.05) is 6.92 Å². The third-order valence-corrected chi connectivity index (χ3v) is 2.68. The van der Waals surface area contributed by atoms with E-state index in [9.17, 15) is 4.39 Å². The van der Waals surface area contributed by atoms with Gasteiger partial charge in [0.15, 0.2) is 5.82 Å². The maximum Gasteiger partial charge on any atom is 0.156 e. The molecule has 1 rings (SSSR count). The molecule has 2 N–H and O–H groups in total. The molecule has 0 spiro atoms. The van der Waals surface area contributed by atoms with Gasteiger partial charge in [-0.05, 0) is 40.9 Å². The van der Waals surface area contributed by atoms with Crippen LogP contribution in [0.2, 0.25) is 5.02 Å². The van der Waals surface area contributed by atoms with Crippen molar-refractivity contribution in [2.24, 2.45) is 5.73 Å². The Kier molecular flexibility index (Phi) is 3.71. The van der Waals surface area contributed by atoms with Crippen molar-refractivity contribution in [3.8, 4) is 0 Å². The van der Waals surface area contributed by atoms with Gasteiger partial charge in [-0.15, -0.1) is 0 Å². The van der Waals surface area contributed by atoms with Gasteiger partial charge in [0.05, 0.1) is 9.50 Å². The molecule has 1 atom stereocenters. The number of hydrogen-bond acceptors (Lipinski definition) is 1. The van der Waals surface area contributed by atoms with Gasteiger partial charge in [0.25, 0.3) is 0 Å². The second-order valence-corrected chi connectivity index (χ2v) is 4.25. The molecule has 0 aliphatic heterocycles. The van der Waals surface area contributed by atoms with Gasteiger partial charge in [0.1, 0.15) is 0 Å². The van der Waals surface area contributed by atoms with E-state index in [1.54, 1.807) is 12.1 Å². The molecule has 1 unspecified atom stereocenters. The average Bonchev–Trinajstić information content (AvgIpc) is 2.06. The van der Waals surface area contributed by atoms with E-state index >= 15 is 0 Å². The zero-order valence-corrected chi connectivity index (χ0v) is 9.49. The molecule has 72 valence electrons. The third kappa shape index (κ3) is 2.66. The molecule has 13 heavy (non-hydrogen) atoms. The van der Waals surface area contributed by atoms with Gasteiger partial charge < -0.3 is 5.73 Å². The highest BCUT2D eigenvalue weighted by Crippen LogP contribution is 2.27.